The lowest BCUT2D eigenvalue weighted by Gasteiger charge is -2.06. The predicted octanol–water partition coefficient (Wildman–Crippen LogP) is 2.54. The molecule has 0 radical (unpaired) electrons. The second-order valence-electron chi connectivity index (χ2n) is 3.75. The van der Waals surface area contributed by atoms with E-state index in [2.05, 4.69) is 15.3 Å². The van der Waals surface area contributed by atoms with Gasteiger partial charge in [-0.2, -0.15) is 4.68 Å². The van der Waals surface area contributed by atoms with Gasteiger partial charge in [-0.1, -0.05) is 35.0 Å². The minimum absolute atomic E-state index is 0.202. The Bertz CT molecular complexity index is 696. The van der Waals surface area contributed by atoms with Crippen LogP contribution in [0.25, 0.3) is 16.4 Å². The van der Waals surface area contributed by atoms with E-state index in [1.54, 1.807) is 16.9 Å². The standard InChI is InChI=1S/C12H9ClN4OS/c13-9-4-2-1-3-8(9)11-10(7-18)15-16-17(11)12-14-5-6-19-12/h1-6,18H,7H2. The minimum Gasteiger partial charge on any atom is -0.390 e. The summed E-state index contributed by atoms with van der Waals surface area (Å²) < 4.78 is 1.59. The number of halogens is 1. The maximum atomic E-state index is 9.41. The Morgan fingerprint density at radius 2 is 2.16 bits per heavy atom. The summed E-state index contributed by atoms with van der Waals surface area (Å²) in [6.45, 7) is -0.202. The molecule has 19 heavy (non-hydrogen) atoms. The van der Waals surface area contributed by atoms with Gasteiger partial charge in [0.2, 0.25) is 5.13 Å². The van der Waals surface area contributed by atoms with Gasteiger partial charge in [0.1, 0.15) is 11.4 Å². The summed E-state index contributed by atoms with van der Waals surface area (Å²) >= 11 is 7.65. The zero-order valence-corrected chi connectivity index (χ0v) is 11.3. The van der Waals surface area contributed by atoms with Crippen molar-refractivity contribution in [3.8, 4) is 16.4 Å². The molecule has 96 valence electrons. The van der Waals surface area contributed by atoms with Crippen LogP contribution in [0.4, 0.5) is 0 Å². The highest BCUT2D eigenvalue weighted by Crippen LogP contribution is 2.31. The van der Waals surface area contributed by atoms with Crippen molar-refractivity contribution in [3.05, 3.63) is 46.6 Å². The van der Waals surface area contributed by atoms with Gasteiger partial charge in [0.05, 0.1) is 11.6 Å². The molecule has 0 aliphatic carbocycles. The number of benzene rings is 1. The Balaban J connectivity index is 2.25. The predicted molar refractivity (Wildman–Crippen MR) is 73.4 cm³/mol. The van der Waals surface area contributed by atoms with E-state index < -0.39 is 0 Å². The van der Waals surface area contributed by atoms with Gasteiger partial charge in [-0.05, 0) is 6.07 Å². The molecule has 0 amide bonds. The molecule has 0 fully saturated rings. The Morgan fingerprint density at radius 3 is 2.84 bits per heavy atom. The number of nitrogens with zero attached hydrogens (tertiary/aromatic N) is 4. The molecule has 0 saturated heterocycles. The third-order valence-electron chi connectivity index (χ3n) is 2.62. The number of rotatable bonds is 3. The Kier molecular flexibility index (Phi) is 3.29. The third kappa shape index (κ3) is 2.14. The molecule has 3 aromatic rings. The van der Waals surface area contributed by atoms with Crippen LogP contribution < -0.4 is 0 Å². The van der Waals surface area contributed by atoms with Crippen molar-refractivity contribution in [1.29, 1.82) is 0 Å². The van der Waals surface area contributed by atoms with Crippen molar-refractivity contribution < 1.29 is 5.11 Å². The van der Waals surface area contributed by atoms with Gasteiger partial charge in [-0.3, -0.25) is 0 Å². The SMILES string of the molecule is OCc1nnn(-c2nccs2)c1-c1ccccc1Cl. The van der Waals surface area contributed by atoms with E-state index in [-0.39, 0.29) is 6.61 Å². The first-order valence-electron chi connectivity index (χ1n) is 5.51. The van der Waals surface area contributed by atoms with E-state index in [4.69, 9.17) is 11.6 Å². The molecule has 2 aromatic heterocycles. The molecule has 2 heterocycles. The lowest BCUT2D eigenvalue weighted by Crippen LogP contribution is -2.00. The highest BCUT2D eigenvalue weighted by molar-refractivity contribution is 7.12. The number of aromatic nitrogens is 4. The molecular weight excluding hydrogens is 284 g/mol. The van der Waals surface area contributed by atoms with Gasteiger partial charge < -0.3 is 5.11 Å². The van der Waals surface area contributed by atoms with E-state index in [0.717, 1.165) is 5.56 Å². The summed E-state index contributed by atoms with van der Waals surface area (Å²) in [6.07, 6.45) is 1.69. The summed E-state index contributed by atoms with van der Waals surface area (Å²) in [6, 6.07) is 7.38. The van der Waals surface area contributed by atoms with Gasteiger partial charge in [0.15, 0.2) is 0 Å². The van der Waals surface area contributed by atoms with Crippen molar-refractivity contribution in [2.75, 3.05) is 0 Å². The zero-order chi connectivity index (χ0) is 13.2. The minimum atomic E-state index is -0.202. The molecule has 0 saturated carbocycles. The van der Waals surface area contributed by atoms with Crippen LogP contribution in [0.2, 0.25) is 5.02 Å². The fourth-order valence-electron chi connectivity index (χ4n) is 1.80. The molecule has 0 aliphatic rings. The molecule has 1 N–H and O–H groups in total. The maximum Gasteiger partial charge on any atom is 0.212 e. The van der Waals surface area contributed by atoms with E-state index >= 15 is 0 Å². The summed E-state index contributed by atoms with van der Waals surface area (Å²) in [4.78, 5) is 4.20. The first kappa shape index (κ1) is 12.3. The topological polar surface area (TPSA) is 63.8 Å². The molecule has 3 rings (SSSR count). The van der Waals surface area contributed by atoms with Crippen molar-refractivity contribution in [2.45, 2.75) is 6.61 Å². The number of aliphatic hydroxyl groups is 1. The number of aliphatic hydroxyl groups excluding tert-OH is 1. The Labute approximate surface area is 118 Å². The van der Waals surface area contributed by atoms with Crippen molar-refractivity contribution in [2.24, 2.45) is 0 Å². The lowest BCUT2D eigenvalue weighted by molar-refractivity contribution is 0.277. The highest BCUT2D eigenvalue weighted by atomic mass is 35.5. The third-order valence-corrected chi connectivity index (χ3v) is 3.70. The Morgan fingerprint density at radius 1 is 1.32 bits per heavy atom. The molecule has 7 heteroatoms. The molecule has 0 unspecified atom stereocenters. The summed E-state index contributed by atoms with van der Waals surface area (Å²) in [5.74, 6) is 0. The van der Waals surface area contributed by atoms with Crippen LogP contribution in [0.5, 0.6) is 0 Å². The van der Waals surface area contributed by atoms with Gasteiger partial charge in [0.25, 0.3) is 0 Å². The number of hydrogen-bond acceptors (Lipinski definition) is 5. The molecule has 5 nitrogen and oxygen atoms in total. The van der Waals surface area contributed by atoms with E-state index in [1.807, 2.05) is 23.6 Å². The van der Waals surface area contributed by atoms with Crippen LogP contribution in [-0.4, -0.2) is 25.1 Å². The van der Waals surface area contributed by atoms with Crippen LogP contribution in [0, 0.1) is 0 Å². The smallest absolute Gasteiger partial charge is 0.212 e. The largest absolute Gasteiger partial charge is 0.390 e. The average Bonchev–Trinajstić information content (AvgIpc) is 3.07. The molecule has 0 aliphatic heterocycles. The van der Waals surface area contributed by atoms with Crippen LogP contribution in [0.1, 0.15) is 5.69 Å². The maximum absolute atomic E-state index is 9.41. The second kappa shape index (κ2) is 5.08. The first-order chi connectivity index (χ1) is 9.31. The lowest BCUT2D eigenvalue weighted by atomic mass is 10.1. The monoisotopic (exact) mass is 292 g/mol. The van der Waals surface area contributed by atoms with Gasteiger partial charge in [0, 0.05) is 17.1 Å². The fraction of sp³-hybridized carbons (Fsp3) is 0.0833. The van der Waals surface area contributed by atoms with E-state index in [0.29, 0.717) is 21.5 Å². The van der Waals surface area contributed by atoms with Gasteiger partial charge in [-0.15, -0.1) is 16.4 Å². The van der Waals surface area contributed by atoms with Crippen LogP contribution in [0.3, 0.4) is 0 Å². The molecule has 0 bridgehead atoms. The zero-order valence-electron chi connectivity index (χ0n) is 9.69. The summed E-state index contributed by atoms with van der Waals surface area (Å²) in [7, 11) is 0. The number of hydrogen-bond donors (Lipinski definition) is 1. The molecule has 0 spiro atoms. The van der Waals surface area contributed by atoms with Gasteiger partial charge >= 0.3 is 0 Å². The highest BCUT2D eigenvalue weighted by Gasteiger charge is 2.18. The van der Waals surface area contributed by atoms with Crippen LogP contribution >= 0.6 is 22.9 Å². The van der Waals surface area contributed by atoms with Crippen LogP contribution in [-0.2, 0) is 6.61 Å². The van der Waals surface area contributed by atoms with E-state index in [9.17, 15) is 5.11 Å². The number of thiazole rings is 1. The van der Waals surface area contributed by atoms with Crippen LogP contribution in [0.15, 0.2) is 35.8 Å². The average molecular weight is 293 g/mol. The summed E-state index contributed by atoms with van der Waals surface area (Å²) in [5, 5.41) is 20.5. The first-order valence-corrected chi connectivity index (χ1v) is 6.77. The van der Waals surface area contributed by atoms with E-state index in [1.165, 1.54) is 11.3 Å². The Hall–Kier alpha value is -1.76. The van der Waals surface area contributed by atoms with Crippen molar-refractivity contribution >= 4 is 22.9 Å². The fourth-order valence-corrected chi connectivity index (χ4v) is 2.61. The van der Waals surface area contributed by atoms with Crippen molar-refractivity contribution in [1.82, 2.24) is 20.0 Å². The molecular formula is C12H9ClN4OS. The quantitative estimate of drug-likeness (QED) is 0.806. The molecule has 1 aromatic carbocycles. The second-order valence-corrected chi connectivity index (χ2v) is 5.03. The molecule has 0 atom stereocenters. The summed E-state index contributed by atoms with van der Waals surface area (Å²) in [5.41, 5.74) is 1.92. The normalized spacial score (nSPS) is 10.8. The van der Waals surface area contributed by atoms with Crippen molar-refractivity contribution in [3.63, 3.8) is 0 Å². The van der Waals surface area contributed by atoms with Gasteiger partial charge in [-0.25, -0.2) is 4.98 Å².